The first-order valence-electron chi connectivity index (χ1n) is 7.31. The smallest absolute Gasteiger partial charge is 0.319 e. The summed E-state index contributed by atoms with van der Waals surface area (Å²) in [5, 5.41) is 6.55. The van der Waals surface area contributed by atoms with Gasteiger partial charge in [0.25, 0.3) is 0 Å². The van der Waals surface area contributed by atoms with Gasteiger partial charge in [-0.25, -0.2) is 4.79 Å². The zero-order valence-corrected chi connectivity index (χ0v) is 14.4. The van der Waals surface area contributed by atoms with Gasteiger partial charge in [-0.3, -0.25) is 0 Å². The lowest BCUT2D eigenvalue weighted by Gasteiger charge is -2.37. The fraction of sp³-hybridized carbons (Fsp3) is 0.533. The Labute approximate surface area is 140 Å². The Balaban J connectivity index is 1.84. The molecule has 0 atom stereocenters. The molecule has 0 saturated carbocycles. The van der Waals surface area contributed by atoms with Crippen molar-refractivity contribution in [3.8, 4) is 0 Å². The Hall–Kier alpha value is -1.01. The molecule has 1 aliphatic rings. The minimum absolute atomic E-state index is 0.0429. The molecular formula is C15H22Cl2N3O2+. The zero-order chi connectivity index (χ0) is 16.2. The van der Waals surface area contributed by atoms with Crippen molar-refractivity contribution in [3.63, 3.8) is 0 Å². The predicted molar refractivity (Wildman–Crippen MR) is 89.1 cm³/mol. The van der Waals surface area contributed by atoms with Crippen molar-refractivity contribution < 1.29 is 14.4 Å². The maximum absolute atomic E-state index is 12.0. The predicted octanol–water partition coefficient (Wildman–Crippen LogP) is 1.81. The quantitative estimate of drug-likeness (QED) is 0.778. The second-order valence-corrected chi connectivity index (χ2v) is 6.85. The molecule has 22 heavy (non-hydrogen) atoms. The van der Waals surface area contributed by atoms with E-state index < -0.39 is 0 Å². The molecule has 3 N–H and O–H groups in total. The largest absolute Gasteiger partial charge is 0.370 e. The minimum Gasteiger partial charge on any atom is -0.370 e. The molecule has 0 bridgehead atoms. The number of ether oxygens (including phenoxy) is 1. The topological polar surface area (TPSA) is 54.8 Å². The Morgan fingerprint density at radius 3 is 2.59 bits per heavy atom. The van der Waals surface area contributed by atoms with Crippen molar-refractivity contribution >= 4 is 34.9 Å². The number of nitrogens with one attached hydrogen (secondary N) is 3. The lowest BCUT2D eigenvalue weighted by Crippen LogP contribution is -3.22. The summed E-state index contributed by atoms with van der Waals surface area (Å²) in [6, 6.07) is 4.74. The maximum atomic E-state index is 12.0. The highest BCUT2D eigenvalue weighted by molar-refractivity contribution is 6.42. The molecule has 1 heterocycles. The van der Waals surface area contributed by atoms with Gasteiger partial charge in [-0.2, -0.15) is 0 Å². The van der Waals surface area contributed by atoms with E-state index in [9.17, 15) is 4.79 Å². The van der Waals surface area contributed by atoms with Gasteiger partial charge in [0.15, 0.2) is 0 Å². The number of anilines is 1. The van der Waals surface area contributed by atoms with E-state index in [2.05, 4.69) is 24.5 Å². The Kier molecular flexibility index (Phi) is 5.92. The maximum Gasteiger partial charge on any atom is 0.319 e. The molecule has 7 heteroatoms. The van der Waals surface area contributed by atoms with Crippen LogP contribution in [0.25, 0.3) is 0 Å². The number of morpholine rings is 1. The van der Waals surface area contributed by atoms with E-state index in [1.54, 1.807) is 18.2 Å². The van der Waals surface area contributed by atoms with Gasteiger partial charge in [0, 0.05) is 5.69 Å². The number of benzene rings is 1. The van der Waals surface area contributed by atoms with E-state index >= 15 is 0 Å². The van der Waals surface area contributed by atoms with Gasteiger partial charge in [-0.05, 0) is 32.0 Å². The summed E-state index contributed by atoms with van der Waals surface area (Å²) in [6.07, 6.45) is 0. The van der Waals surface area contributed by atoms with Crippen LogP contribution in [-0.2, 0) is 4.74 Å². The van der Waals surface area contributed by atoms with Crippen LogP contribution in [0.1, 0.15) is 13.8 Å². The first-order valence-corrected chi connectivity index (χ1v) is 8.07. The van der Waals surface area contributed by atoms with Crippen molar-refractivity contribution in [2.45, 2.75) is 19.4 Å². The third-order valence-electron chi connectivity index (χ3n) is 3.92. The molecule has 2 amide bonds. The molecule has 1 aliphatic heterocycles. The zero-order valence-electron chi connectivity index (χ0n) is 12.8. The van der Waals surface area contributed by atoms with Gasteiger partial charge in [0.2, 0.25) is 0 Å². The monoisotopic (exact) mass is 346 g/mol. The van der Waals surface area contributed by atoms with Crippen LogP contribution >= 0.6 is 23.2 Å². The van der Waals surface area contributed by atoms with Crippen LogP contribution in [0.3, 0.4) is 0 Å². The van der Waals surface area contributed by atoms with Crippen molar-refractivity contribution in [3.05, 3.63) is 28.2 Å². The van der Waals surface area contributed by atoms with E-state index in [-0.39, 0.29) is 11.6 Å². The van der Waals surface area contributed by atoms with Crippen LogP contribution in [-0.4, -0.2) is 44.4 Å². The average Bonchev–Trinajstić information content (AvgIpc) is 2.50. The highest BCUT2D eigenvalue weighted by Crippen LogP contribution is 2.24. The first-order chi connectivity index (χ1) is 10.4. The SMILES string of the molecule is CC(C)(CNC(=O)Nc1ccc(Cl)c(Cl)c1)[NH+]1CCOCC1. The second-order valence-electron chi connectivity index (χ2n) is 6.04. The molecule has 0 unspecified atom stereocenters. The van der Waals surface area contributed by atoms with Crippen LogP contribution in [0, 0.1) is 0 Å². The molecule has 5 nitrogen and oxygen atoms in total. The number of carbonyl (C=O) groups excluding carboxylic acids is 1. The Bertz CT molecular complexity index is 532. The van der Waals surface area contributed by atoms with Crippen molar-refractivity contribution in [1.29, 1.82) is 0 Å². The Morgan fingerprint density at radius 2 is 1.95 bits per heavy atom. The van der Waals surface area contributed by atoms with Gasteiger partial charge in [0.05, 0.1) is 29.8 Å². The molecule has 122 valence electrons. The molecule has 1 aromatic rings. The van der Waals surface area contributed by atoms with Crippen LogP contribution in [0.4, 0.5) is 10.5 Å². The standard InChI is InChI=1S/C15H21Cl2N3O2/c1-15(2,20-5-7-22-8-6-20)10-18-14(21)19-11-3-4-12(16)13(17)9-11/h3-4,9H,5-8,10H2,1-2H3,(H2,18,19,21)/p+1. The summed E-state index contributed by atoms with van der Waals surface area (Å²) in [5.41, 5.74) is 0.571. The molecule has 1 fully saturated rings. The highest BCUT2D eigenvalue weighted by Gasteiger charge is 2.32. The summed E-state index contributed by atoms with van der Waals surface area (Å²) in [7, 11) is 0. The van der Waals surface area contributed by atoms with E-state index in [1.165, 1.54) is 4.90 Å². The summed E-state index contributed by atoms with van der Waals surface area (Å²) >= 11 is 11.8. The fourth-order valence-electron chi connectivity index (χ4n) is 2.47. The second kappa shape index (κ2) is 7.51. The van der Waals surface area contributed by atoms with Gasteiger partial charge < -0.3 is 20.3 Å². The normalized spacial score (nSPS) is 16.4. The lowest BCUT2D eigenvalue weighted by molar-refractivity contribution is -0.954. The van der Waals surface area contributed by atoms with Crippen LogP contribution in [0.5, 0.6) is 0 Å². The van der Waals surface area contributed by atoms with Gasteiger partial charge in [-0.15, -0.1) is 0 Å². The Morgan fingerprint density at radius 1 is 1.27 bits per heavy atom. The summed E-state index contributed by atoms with van der Waals surface area (Å²) in [6.45, 7) is 8.34. The molecule has 0 spiro atoms. The van der Waals surface area contributed by atoms with E-state index in [0.29, 0.717) is 22.3 Å². The number of urea groups is 1. The first kappa shape index (κ1) is 17.3. The van der Waals surface area contributed by atoms with E-state index in [0.717, 1.165) is 26.3 Å². The molecule has 2 rings (SSSR count). The van der Waals surface area contributed by atoms with Crippen LogP contribution in [0.2, 0.25) is 10.0 Å². The minimum atomic E-state index is -0.251. The highest BCUT2D eigenvalue weighted by atomic mass is 35.5. The van der Waals surface area contributed by atoms with E-state index in [1.807, 2.05) is 0 Å². The molecule has 1 saturated heterocycles. The van der Waals surface area contributed by atoms with Crippen molar-refractivity contribution in [2.24, 2.45) is 0 Å². The number of halogens is 2. The molecular weight excluding hydrogens is 325 g/mol. The number of amides is 2. The molecule has 1 aromatic carbocycles. The lowest BCUT2D eigenvalue weighted by atomic mass is 10.0. The number of hydrogen-bond donors (Lipinski definition) is 3. The van der Waals surface area contributed by atoms with Gasteiger partial charge in [-0.1, -0.05) is 23.2 Å². The molecule has 0 aromatic heterocycles. The number of hydrogen-bond acceptors (Lipinski definition) is 2. The average molecular weight is 347 g/mol. The van der Waals surface area contributed by atoms with Crippen molar-refractivity contribution in [1.82, 2.24) is 5.32 Å². The summed E-state index contributed by atoms with van der Waals surface area (Å²) in [4.78, 5) is 13.4. The van der Waals surface area contributed by atoms with Crippen LogP contribution in [0.15, 0.2) is 18.2 Å². The number of carbonyl (C=O) groups is 1. The number of rotatable bonds is 4. The van der Waals surface area contributed by atoms with E-state index in [4.69, 9.17) is 27.9 Å². The van der Waals surface area contributed by atoms with Crippen molar-refractivity contribution in [2.75, 3.05) is 38.2 Å². The number of quaternary nitrogens is 1. The fourth-order valence-corrected chi connectivity index (χ4v) is 2.77. The third kappa shape index (κ3) is 4.74. The van der Waals surface area contributed by atoms with Gasteiger partial charge in [0.1, 0.15) is 18.6 Å². The summed E-state index contributed by atoms with van der Waals surface area (Å²) in [5.74, 6) is 0. The van der Waals surface area contributed by atoms with Crippen LogP contribution < -0.4 is 15.5 Å². The molecule has 0 aliphatic carbocycles. The molecule has 0 radical (unpaired) electrons. The third-order valence-corrected chi connectivity index (χ3v) is 4.66. The van der Waals surface area contributed by atoms with Gasteiger partial charge >= 0.3 is 6.03 Å². The summed E-state index contributed by atoms with van der Waals surface area (Å²) < 4.78 is 5.38.